The lowest BCUT2D eigenvalue weighted by Gasteiger charge is -2.40. The topological polar surface area (TPSA) is 227 Å². The Balaban J connectivity index is 1.33. The molecule has 2 aliphatic heterocycles. The van der Waals surface area contributed by atoms with Crippen molar-refractivity contribution in [2.45, 2.75) is 107 Å². The lowest BCUT2D eigenvalue weighted by atomic mass is 9.97. The number of H-pyrrole nitrogens is 1. The summed E-state index contributed by atoms with van der Waals surface area (Å²) in [5, 5.41) is 78.5. The third-order valence-corrected chi connectivity index (χ3v) is 7.93. The summed E-state index contributed by atoms with van der Waals surface area (Å²) in [6.07, 6.45) is -13.7. The zero-order chi connectivity index (χ0) is 32.1. The first-order valence-corrected chi connectivity index (χ1v) is 14.6. The Morgan fingerprint density at radius 2 is 1.61 bits per heavy atom. The molecule has 44 heavy (non-hydrogen) atoms. The molecular weight excluding hydrogens is 585 g/mol. The molecule has 0 bridgehead atoms. The molecule has 2 fully saturated rings. The van der Waals surface area contributed by atoms with Gasteiger partial charge in [0, 0.05) is 24.1 Å². The molecule has 1 aromatic heterocycles. The second-order valence-electron chi connectivity index (χ2n) is 11.5. The van der Waals surface area contributed by atoms with Gasteiger partial charge >= 0.3 is 0 Å². The highest BCUT2D eigenvalue weighted by molar-refractivity contribution is 5.76. The van der Waals surface area contributed by atoms with Crippen LogP contribution in [0.4, 0.5) is 4.39 Å². The van der Waals surface area contributed by atoms with E-state index < -0.39 is 80.5 Å². The van der Waals surface area contributed by atoms with Gasteiger partial charge in [0.25, 0.3) is 0 Å². The fourth-order valence-corrected chi connectivity index (χ4v) is 5.29. The van der Waals surface area contributed by atoms with Gasteiger partial charge in [-0.1, -0.05) is 38.1 Å². The number of ether oxygens (including phenoxy) is 3. The summed E-state index contributed by atoms with van der Waals surface area (Å²) in [4.78, 5) is 12.4. The van der Waals surface area contributed by atoms with E-state index in [-0.39, 0.29) is 18.2 Å². The average molecular weight is 628 g/mol. The lowest BCUT2D eigenvalue weighted by molar-refractivity contribution is -0.265. The number of aliphatic hydroxyl groups is 7. The van der Waals surface area contributed by atoms with Gasteiger partial charge in [0.1, 0.15) is 42.7 Å². The number of alkyl halides is 1. The lowest BCUT2D eigenvalue weighted by Crippen LogP contribution is -2.63. The predicted octanol–water partition coefficient (Wildman–Crippen LogP) is -1.48. The van der Waals surface area contributed by atoms with Gasteiger partial charge in [0.15, 0.2) is 12.4 Å². The Kier molecular flexibility index (Phi) is 11.7. The molecule has 1 amide bonds. The Hall–Kier alpha value is -2.73. The molecule has 10 atom stereocenters. The predicted molar refractivity (Wildman–Crippen MR) is 150 cm³/mol. The molecule has 0 spiro atoms. The van der Waals surface area contributed by atoms with Crippen LogP contribution >= 0.6 is 0 Å². The maximum absolute atomic E-state index is 14.2. The van der Waals surface area contributed by atoms with Crippen molar-refractivity contribution in [3.05, 3.63) is 46.6 Å². The van der Waals surface area contributed by atoms with Crippen LogP contribution in [0.3, 0.4) is 0 Å². The van der Waals surface area contributed by atoms with Crippen LogP contribution in [0, 0.1) is 0 Å². The third kappa shape index (κ3) is 7.73. The van der Waals surface area contributed by atoms with Gasteiger partial charge in [-0.05, 0) is 29.9 Å². The molecule has 0 radical (unpaired) electrons. The number of amides is 1. The van der Waals surface area contributed by atoms with Crippen molar-refractivity contribution >= 4 is 5.91 Å². The molecule has 246 valence electrons. The number of aryl methyl sites for hydroxylation is 1. The van der Waals surface area contributed by atoms with Gasteiger partial charge in [-0.15, -0.1) is 5.10 Å². The Morgan fingerprint density at radius 3 is 2.25 bits per heavy atom. The van der Waals surface area contributed by atoms with E-state index in [0.717, 1.165) is 16.8 Å². The van der Waals surface area contributed by atoms with Crippen LogP contribution in [-0.4, -0.2) is 126 Å². The number of halogens is 1. The molecule has 14 nitrogen and oxygen atoms in total. The maximum Gasteiger partial charge on any atom is 0.238 e. The first-order valence-electron chi connectivity index (χ1n) is 14.6. The SMILES string of the molecule is CC(C)c1[nH]nc(OC2OC(CO)C(F)C(O)C2O)c1Cc1ccc(CCCC(=O)N[C@@H]2O[C@H](CO)[C@@H](O)[C@H](O)[C@H]2O)cc1. The minimum absolute atomic E-state index is 0.0337. The average Bonchev–Trinajstić information content (AvgIpc) is 3.40. The van der Waals surface area contributed by atoms with Gasteiger partial charge < -0.3 is 55.3 Å². The molecule has 2 saturated heterocycles. The second kappa shape index (κ2) is 15.0. The van der Waals surface area contributed by atoms with Crippen molar-refractivity contribution in [2.75, 3.05) is 13.2 Å². The number of aliphatic hydroxyl groups excluding tert-OH is 7. The molecule has 5 unspecified atom stereocenters. The highest BCUT2D eigenvalue weighted by atomic mass is 19.1. The standard InChI is InChI=1S/C29H42FN3O11/c1-13(2)21-16(27(33-32-21)44-29-26(41)23(38)20(30)17(11-34)43-29)10-15-8-6-14(7-9-15)4-3-5-19(36)31-28-25(40)24(39)22(37)18(12-35)42-28/h6-9,13,17-18,20,22-26,28-29,34-35,37-41H,3-5,10-12H2,1-2H3,(H,31,36)(H,32,33)/t17?,18-,20?,22-,23?,24+,25-,26?,28-,29?/m1/s1. The van der Waals surface area contributed by atoms with E-state index in [2.05, 4.69) is 15.5 Å². The molecule has 9 N–H and O–H groups in total. The largest absolute Gasteiger partial charge is 0.443 e. The molecule has 0 aliphatic carbocycles. The van der Waals surface area contributed by atoms with E-state index in [1.54, 1.807) is 0 Å². The van der Waals surface area contributed by atoms with E-state index in [9.17, 15) is 44.9 Å². The molecule has 0 saturated carbocycles. The van der Waals surface area contributed by atoms with E-state index in [1.165, 1.54) is 0 Å². The number of aromatic amines is 1. The first-order chi connectivity index (χ1) is 20.9. The Morgan fingerprint density at radius 1 is 0.955 bits per heavy atom. The van der Waals surface area contributed by atoms with Crippen LogP contribution in [0.5, 0.6) is 5.88 Å². The molecule has 15 heteroatoms. The number of carbonyl (C=O) groups is 1. The van der Waals surface area contributed by atoms with Gasteiger partial charge in [-0.25, -0.2) is 4.39 Å². The van der Waals surface area contributed by atoms with Gasteiger partial charge in [-0.2, -0.15) is 0 Å². The van der Waals surface area contributed by atoms with E-state index >= 15 is 0 Å². The fourth-order valence-electron chi connectivity index (χ4n) is 5.29. The number of hydrogen-bond donors (Lipinski definition) is 9. The number of carbonyl (C=O) groups excluding carboxylic acids is 1. The summed E-state index contributed by atoms with van der Waals surface area (Å²) >= 11 is 0. The summed E-state index contributed by atoms with van der Waals surface area (Å²) in [6, 6.07) is 7.65. The van der Waals surface area contributed by atoms with Crippen molar-refractivity contribution in [3.8, 4) is 5.88 Å². The molecular formula is C29H42FN3O11. The van der Waals surface area contributed by atoms with Crippen molar-refractivity contribution in [1.29, 1.82) is 0 Å². The highest BCUT2D eigenvalue weighted by Crippen LogP contribution is 2.32. The summed E-state index contributed by atoms with van der Waals surface area (Å²) in [5.41, 5.74) is 3.34. The van der Waals surface area contributed by atoms with Gasteiger partial charge in [0.2, 0.25) is 18.1 Å². The number of nitrogens with one attached hydrogen (secondary N) is 2. The number of benzene rings is 1. The first kappa shape index (κ1) is 34.1. The van der Waals surface area contributed by atoms with Crippen molar-refractivity contribution in [2.24, 2.45) is 0 Å². The van der Waals surface area contributed by atoms with Gasteiger partial charge in [0.05, 0.1) is 13.2 Å². The zero-order valence-electron chi connectivity index (χ0n) is 24.5. The number of hydrogen-bond acceptors (Lipinski definition) is 12. The van der Waals surface area contributed by atoms with E-state index in [0.29, 0.717) is 24.8 Å². The summed E-state index contributed by atoms with van der Waals surface area (Å²) in [5.74, 6) is -0.272. The monoisotopic (exact) mass is 627 g/mol. The minimum atomic E-state index is -1.98. The van der Waals surface area contributed by atoms with Crippen molar-refractivity contribution in [3.63, 3.8) is 0 Å². The highest BCUT2D eigenvalue weighted by Gasteiger charge is 2.46. The second-order valence-corrected chi connectivity index (χ2v) is 11.5. The van der Waals surface area contributed by atoms with Gasteiger partial charge in [-0.3, -0.25) is 9.89 Å². The summed E-state index contributed by atoms with van der Waals surface area (Å²) in [7, 11) is 0. The molecule has 3 heterocycles. The molecule has 2 aromatic rings. The van der Waals surface area contributed by atoms with Crippen molar-refractivity contribution < 1.29 is 59.1 Å². The number of nitrogens with zero attached hydrogens (tertiary/aromatic N) is 1. The molecule has 1 aromatic carbocycles. The van der Waals surface area contributed by atoms with Crippen LogP contribution in [0.1, 0.15) is 55.0 Å². The van der Waals surface area contributed by atoms with Crippen LogP contribution in [0.2, 0.25) is 0 Å². The quantitative estimate of drug-likeness (QED) is 0.131. The fraction of sp³-hybridized carbons (Fsp3) is 0.655. The van der Waals surface area contributed by atoms with Crippen LogP contribution in [0.25, 0.3) is 0 Å². The molecule has 4 rings (SSSR count). The maximum atomic E-state index is 14.2. The van der Waals surface area contributed by atoms with Crippen LogP contribution in [0.15, 0.2) is 24.3 Å². The van der Waals surface area contributed by atoms with Crippen LogP contribution in [-0.2, 0) is 27.1 Å². The number of aromatic nitrogens is 2. The Labute approximate surface area is 253 Å². The normalized spacial score (nSPS) is 32.5. The smallest absolute Gasteiger partial charge is 0.238 e. The van der Waals surface area contributed by atoms with Crippen LogP contribution < -0.4 is 10.1 Å². The summed E-state index contributed by atoms with van der Waals surface area (Å²) < 4.78 is 30.6. The van der Waals surface area contributed by atoms with E-state index in [4.69, 9.17) is 14.2 Å². The van der Waals surface area contributed by atoms with Crippen molar-refractivity contribution in [1.82, 2.24) is 15.5 Å². The molecule has 2 aliphatic rings. The summed E-state index contributed by atoms with van der Waals surface area (Å²) in [6.45, 7) is 2.63. The Bertz CT molecular complexity index is 1210. The number of rotatable bonds is 12. The minimum Gasteiger partial charge on any atom is -0.443 e. The van der Waals surface area contributed by atoms with E-state index in [1.807, 2.05) is 38.1 Å². The third-order valence-electron chi connectivity index (χ3n) is 7.93. The zero-order valence-corrected chi connectivity index (χ0v) is 24.5.